The van der Waals surface area contributed by atoms with Gasteiger partial charge in [-0.1, -0.05) is 34.8 Å². The number of halogens is 3. The van der Waals surface area contributed by atoms with Crippen LogP contribution in [0.4, 0.5) is 4.79 Å². The van der Waals surface area contributed by atoms with Gasteiger partial charge in [-0.25, -0.2) is 4.79 Å². The van der Waals surface area contributed by atoms with E-state index in [-0.39, 0.29) is 11.7 Å². The highest BCUT2D eigenvalue weighted by atomic mass is 35.6. The zero-order valence-corrected chi connectivity index (χ0v) is 8.73. The van der Waals surface area contributed by atoms with Gasteiger partial charge in [0, 0.05) is 0 Å². The SMILES string of the molecule is NC(=S)NC(=O)OCC(Cl)(Cl)Cl. The van der Waals surface area contributed by atoms with Crippen molar-refractivity contribution in [3.05, 3.63) is 0 Å². The van der Waals surface area contributed by atoms with Crippen molar-refractivity contribution in [1.82, 2.24) is 5.32 Å². The van der Waals surface area contributed by atoms with E-state index < -0.39 is 9.89 Å². The van der Waals surface area contributed by atoms with Gasteiger partial charge in [0.1, 0.15) is 6.61 Å². The van der Waals surface area contributed by atoms with Gasteiger partial charge in [-0.3, -0.25) is 5.32 Å². The van der Waals surface area contributed by atoms with Crippen molar-refractivity contribution in [2.75, 3.05) is 6.61 Å². The van der Waals surface area contributed by atoms with E-state index in [4.69, 9.17) is 40.5 Å². The monoisotopic (exact) mass is 250 g/mol. The molecule has 8 heteroatoms. The molecule has 0 bridgehead atoms. The van der Waals surface area contributed by atoms with Gasteiger partial charge in [-0.2, -0.15) is 0 Å². The molecule has 0 heterocycles. The summed E-state index contributed by atoms with van der Waals surface area (Å²) in [7, 11) is 0. The second kappa shape index (κ2) is 4.91. The van der Waals surface area contributed by atoms with E-state index in [2.05, 4.69) is 17.0 Å². The van der Waals surface area contributed by atoms with Gasteiger partial charge in [0.15, 0.2) is 5.11 Å². The maximum Gasteiger partial charge on any atom is 0.413 e. The van der Waals surface area contributed by atoms with E-state index in [9.17, 15) is 4.79 Å². The molecule has 0 saturated heterocycles. The third kappa shape index (κ3) is 8.13. The number of ether oxygens (including phenoxy) is 1. The second-order valence-electron chi connectivity index (χ2n) is 1.68. The molecule has 0 aromatic heterocycles. The van der Waals surface area contributed by atoms with Crippen LogP contribution in [-0.4, -0.2) is 21.6 Å². The van der Waals surface area contributed by atoms with Crippen LogP contribution in [0.5, 0.6) is 0 Å². The van der Waals surface area contributed by atoms with Gasteiger partial charge < -0.3 is 10.5 Å². The molecule has 0 aromatic carbocycles. The standard InChI is InChI=1S/C4H5Cl3N2O2S/c5-4(6,7)1-11-3(10)9-2(8)12/h1H2,(H3,8,9,10,12). The Morgan fingerprint density at radius 1 is 1.58 bits per heavy atom. The van der Waals surface area contributed by atoms with Gasteiger partial charge in [0.05, 0.1) is 0 Å². The Kier molecular flexibility index (Phi) is 4.92. The summed E-state index contributed by atoms with van der Waals surface area (Å²) in [6.07, 6.45) is -0.853. The number of thiocarbonyl (C=S) groups is 1. The molecule has 70 valence electrons. The molecule has 0 aliphatic rings. The minimum absolute atomic E-state index is 0.204. The van der Waals surface area contributed by atoms with Crippen molar-refractivity contribution in [2.24, 2.45) is 5.73 Å². The second-order valence-corrected chi connectivity index (χ2v) is 4.64. The summed E-state index contributed by atoms with van der Waals surface area (Å²) < 4.78 is 2.77. The first-order valence-electron chi connectivity index (χ1n) is 2.61. The minimum atomic E-state index is -1.63. The fourth-order valence-corrected chi connectivity index (χ4v) is 0.531. The average molecular weight is 252 g/mol. The lowest BCUT2D eigenvalue weighted by Crippen LogP contribution is -2.36. The van der Waals surface area contributed by atoms with Crippen LogP contribution in [0.25, 0.3) is 0 Å². The summed E-state index contributed by atoms with van der Waals surface area (Å²) in [5.74, 6) is 0. The molecule has 0 aliphatic carbocycles. The molecule has 0 aliphatic heterocycles. The van der Waals surface area contributed by atoms with Crippen LogP contribution >= 0.6 is 47.0 Å². The highest BCUT2D eigenvalue weighted by molar-refractivity contribution is 7.80. The third-order valence-electron chi connectivity index (χ3n) is 0.592. The molecule has 0 fully saturated rings. The van der Waals surface area contributed by atoms with E-state index in [1.807, 2.05) is 5.32 Å². The van der Waals surface area contributed by atoms with Gasteiger partial charge in [0.25, 0.3) is 0 Å². The number of carbonyl (C=O) groups excluding carboxylic acids is 1. The quantitative estimate of drug-likeness (QED) is 0.545. The zero-order chi connectivity index (χ0) is 9.78. The first-order valence-corrected chi connectivity index (χ1v) is 4.15. The molecule has 0 rings (SSSR count). The smallest absolute Gasteiger partial charge is 0.413 e. The fourth-order valence-electron chi connectivity index (χ4n) is 0.284. The number of rotatable bonds is 1. The maximum absolute atomic E-state index is 10.6. The maximum atomic E-state index is 10.6. The number of nitrogens with one attached hydrogen (secondary N) is 1. The molecule has 12 heavy (non-hydrogen) atoms. The molecule has 0 aromatic rings. The van der Waals surface area contributed by atoms with E-state index in [1.165, 1.54) is 0 Å². The predicted molar refractivity (Wildman–Crippen MR) is 51.6 cm³/mol. The topological polar surface area (TPSA) is 64.3 Å². The van der Waals surface area contributed by atoms with Crippen LogP contribution in [0.2, 0.25) is 0 Å². The van der Waals surface area contributed by atoms with Crippen LogP contribution in [0.15, 0.2) is 0 Å². The summed E-state index contributed by atoms with van der Waals surface area (Å²) >= 11 is 20.2. The number of hydrogen-bond donors (Lipinski definition) is 2. The molecule has 0 spiro atoms. The van der Waals surface area contributed by atoms with Crippen LogP contribution in [0.1, 0.15) is 0 Å². The average Bonchev–Trinajstić information content (AvgIpc) is 1.80. The Balaban J connectivity index is 3.65. The molecule has 4 nitrogen and oxygen atoms in total. The lowest BCUT2D eigenvalue weighted by Gasteiger charge is -2.10. The minimum Gasteiger partial charge on any atom is -0.445 e. The molecule has 0 radical (unpaired) electrons. The fraction of sp³-hybridized carbons (Fsp3) is 0.500. The summed E-state index contributed by atoms with van der Waals surface area (Å²) in [6, 6.07) is 0. The zero-order valence-electron chi connectivity index (χ0n) is 5.64. The largest absolute Gasteiger partial charge is 0.445 e. The van der Waals surface area contributed by atoms with Crippen molar-refractivity contribution >= 4 is 58.2 Å². The van der Waals surface area contributed by atoms with Crippen molar-refractivity contribution in [3.63, 3.8) is 0 Å². The van der Waals surface area contributed by atoms with Crippen molar-refractivity contribution < 1.29 is 9.53 Å². The number of carbonyl (C=O) groups is 1. The Hall–Kier alpha value is 0.0300. The van der Waals surface area contributed by atoms with Gasteiger partial charge in [-0.05, 0) is 12.2 Å². The lowest BCUT2D eigenvalue weighted by molar-refractivity contribution is 0.154. The molecule has 1 amide bonds. The normalized spacial score (nSPS) is 10.6. The molecular weight excluding hydrogens is 246 g/mol. The molecular formula is C4H5Cl3N2O2S. The van der Waals surface area contributed by atoms with E-state index in [0.29, 0.717) is 0 Å². The Morgan fingerprint density at radius 3 is 2.42 bits per heavy atom. The number of alkyl carbamates (subject to hydrolysis) is 1. The van der Waals surface area contributed by atoms with E-state index in [1.54, 1.807) is 0 Å². The summed E-state index contributed by atoms with van der Waals surface area (Å²) in [4.78, 5) is 10.6. The molecule has 0 saturated carbocycles. The Bertz CT molecular complexity index is 193. The Labute approximate surface area is 89.3 Å². The summed E-state index contributed by atoms with van der Waals surface area (Å²) in [6.45, 7) is -0.369. The number of alkyl halides is 3. The first-order chi connectivity index (χ1) is 5.31. The summed E-state index contributed by atoms with van der Waals surface area (Å²) in [5, 5.41) is 1.78. The van der Waals surface area contributed by atoms with Gasteiger partial charge in [0.2, 0.25) is 3.79 Å². The molecule has 0 atom stereocenters. The van der Waals surface area contributed by atoms with E-state index >= 15 is 0 Å². The van der Waals surface area contributed by atoms with Gasteiger partial charge in [-0.15, -0.1) is 0 Å². The van der Waals surface area contributed by atoms with Crippen molar-refractivity contribution in [2.45, 2.75) is 3.79 Å². The first kappa shape index (κ1) is 12.0. The third-order valence-corrected chi connectivity index (χ3v) is 1.02. The lowest BCUT2D eigenvalue weighted by atomic mass is 10.8. The van der Waals surface area contributed by atoms with Crippen LogP contribution in [-0.2, 0) is 4.74 Å². The summed E-state index contributed by atoms with van der Waals surface area (Å²) in [5.41, 5.74) is 4.95. The highest BCUT2D eigenvalue weighted by Crippen LogP contribution is 2.25. The molecule has 3 N–H and O–H groups in total. The number of amides is 1. The number of nitrogens with two attached hydrogens (primary N) is 1. The number of hydrogen-bond acceptors (Lipinski definition) is 3. The van der Waals surface area contributed by atoms with Crippen molar-refractivity contribution in [3.8, 4) is 0 Å². The molecule has 0 unspecified atom stereocenters. The van der Waals surface area contributed by atoms with Crippen LogP contribution in [0.3, 0.4) is 0 Å². The van der Waals surface area contributed by atoms with Crippen molar-refractivity contribution in [1.29, 1.82) is 0 Å². The Morgan fingerprint density at radius 2 is 2.08 bits per heavy atom. The van der Waals surface area contributed by atoms with Gasteiger partial charge >= 0.3 is 6.09 Å². The van der Waals surface area contributed by atoms with Crippen LogP contribution < -0.4 is 11.1 Å². The predicted octanol–water partition coefficient (Wildman–Crippen LogP) is 1.33. The highest BCUT2D eigenvalue weighted by Gasteiger charge is 2.22. The van der Waals surface area contributed by atoms with Crippen LogP contribution in [0, 0.1) is 0 Å². The van der Waals surface area contributed by atoms with E-state index in [0.717, 1.165) is 0 Å².